The third-order valence-corrected chi connectivity index (χ3v) is 3.55. The van der Waals surface area contributed by atoms with Crippen molar-refractivity contribution in [3.8, 4) is 0 Å². The van der Waals surface area contributed by atoms with Crippen molar-refractivity contribution in [1.82, 2.24) is 15.2 Å². The van der Waals surface area contributed by atoms with Gasteiger partial charge in [0.05, 0.1) is 11.4 Å². The molecule has 0 aliphatic rings. The Morgan fingerprint density at radius 2 is 2.10 bits per heavy atom. The number of nitrogens with one attached hydrogen (secondary N) is 1. The molecule has 0 aliphatic carbocycles. The Bertz CT molecular complexity index is 756. The zero-order valence-corrected chi connectivity index (χ0v) is 11.8. The van der Waals surface area contributed by atoms with E-state index in [2.05, 4.69) is 10.5 Å². The Morgan fingerprint density at radius 1 is 1.30 bits per heavy atom. The second-order valence-electron chi connectivity index (χ2n) is 5.08. The Kier molecular flexibility index (Phi) is 3.08. The molecule has 5 heteroatoms. The maximum Gasteiger partial charge on any atom is 0.137 e. The SMILES string of the molecule is Cc1cc(C(NN)c2cc3cccc(C)c3o2)n(C)n1. The molecular formula is C15H18N4O. The van der Waals surface area contributed by atoms with Gasteiger partial charge in [0, 0.05) is 12.4 Å². The lowest BCUT2D eigenvalue weighted by molar-refractivity contribution is 0.458. The summed E-state index contributed by atoms with van der Waals surface area (Å²) in [5.41, 5.74) is 6.76. The zero-order valence-electron chi connectivity index (χ0n) is 11.8. The third-order valence-electron chi connectivity index (χ3n) is 3.55. The minimum absolute atomic E-state index is 0.215. The van der Waals surface area contributed by atoms with Gasteiger partial charge >= 0.3 is 0 Å². The summed E-state index contributed by atoms with van der Waals surface area (Å²) in [5.74, 6) is 6.52. The van der Waals surface area contributed by atoms with Crippen LogP contribution in [0, 0.1) is 13.8 Å². The average molecular weight is 270 g/mol. The maximum absolute atomic E-state index is 5.99. The van der Waals surface area contributed by atoms with Crippen molar-refractivity contribution in [3.63, 3.8) is 0 Å². The van der Waals surface area contributed by atoms with Gasteiger partial charge in [-0.15, -0.1) is 0 Å². The molecule has 3 aromatic rings. The first-order valence-corrected chi connectivity index (χ1v) is 6.56. The summed E-state index contributed by atoms with van der Waals surface area (Å²) in [5, 5.41) is 5.44. The van der Waals surface area contributed by atoms with Crippen LogP contribution in [-0.4, -0.2) is 9.78 Å². The number of hydrogen-bond acceptors (Lipinski definition) is 4. The van der Waals surface area contributed by atoms with Gasteiger partial charge < -0.3 is 4.42 Å². The number of hydrazine groups is 1. The summed E-state index contributed by atoms with van der Waals surface area (Å²) >= 11 is 0. The van der Waals surface area contributed by atoms with E-state index in [0.29, 0.717) is 0 Å². The van der Waals surface area contributed by atoms with Crippen LogP contribution in [0.3, 0.4) is 0 Å². The van der Waals surface area contributed by atoms with Crippen LogP contribution in [0.5, 0.6) is 0 Å². The number of aromatic nitrogens is 2. The van der Waals surface area contributed by atoms with Gasteiger partial charge in [-0.1, -0.05) is 18.2 Å². The molecule has 0 fully saturated rings. The molecule has 2 aromatic heterocycles. The molecule has 3 rings (SSSR count). The lowest BCUT2D eigenvalue weighted by Crippen LogP contribution is -2.30. The van der Waals surface area contributed by atoms with Crippen molar-refractivity contribution >= 4 is 11.0 Å². The number of nitrogens with zero attached hydrogens (tertiary/aromatic N) is 2. The van der Waals surface area contributed by atoms with E-state index in [1.165, 1.54) is 0 Å². The van der Waals surface area contributed by atoms with Gasteiger partial charge in [0.25, 0.3) is 0 Å². The van der Waals surface area contributed by atoms with E-state index >= 15 is 0 Å². The van der Waals surface area contributed by atoms with Crippen molar-refractivity contribution in [3.05, 3.63) is 53.0 Å². The Morgan fingerprint density at radius 3 is 2.70 bits per heavy atom. The van der Waals surface area contributed by atoms with E-state index in [0.717, 1.165) is 33.7 Å². The molecule has 2 heterocycles. The Hall–Kier alpha value is -2.11. The number of aryl methyl sites for hydroxylation is 3. The van der Waals surface area contributed by atoms with Crippen molar-refractivity contribution in [2.45, 2.75) is 19.9 Å². The van der Waals surface area contributed by atoms with Gasteiger partial charge in [-0.05, 0) is 31.5 Å². The monoisotopic (exact) mass is 270 g/mol. The molecule has 0 saturated carbocycles. The highest BCUT2D eigenvalue weighted by Gasteiger charge is 2.21. The molecule has 1 atom stereocenters. The largest absolute Gasteiger partial charge is 0.459 e. The van der Waals surface area contributed by atoms with E-state index in [-0.39, 0.29) is 6.04 Å². The van der Waals surface area contributed by atoms with Gasteiger partial charge in [0.15, 0.2) is 0 Å². The molecule has 3 N–H and O–H groups in total. The van der Waals surface area contributed by atoms with Crippen molar-refractivity contribution in [1.29, 1.82) is 0 Å². The summed E-state index contributed by atoms with van der Waals surface area (Å²) < 4.78 is 7.81. The fraction of sp³-hybridized carbons (Fsp3) is 0.267. The van der Waals surface area contributed by atoms with Crippen molar-refractivity contribution in [2.75, 3.05) is 0 Å². The molecule has 1 unspecified atom stereocenters. The first kappa shape index (κ1) is 12.9. The molecule has 20 heavy (non-hydrogen) atoms. The van der Waals surface area contributed by atoms with Crippen LogP contribution in [-0.2, 0) is 7.05 Å². The standard InChI is InChI=1S/C15H18N4O/c1-9-5-4-6-11-8-13(20-15(9)11)14(17-16)12-7-10(2)18-19(12)3/h4-8,14,17H,16H2,1-3H3. The van der Waals surface area contributed by atoms with E-state index in [1.807, 2.05) is 55.9 Å². The number of para-hydroxylation sites is 1. The Balaban J connectivity index is 2.12. The van der Waals surface area contributed by atoms with Gasteiger partial charge in [-0.25, -0.2) is 5.43 Å². The quantitative estimate of drug-likeness (QED) is 0.566. The molecule has 0 radical (unpaired) electrons. The number of benzene rings is 1. The van der Waals surface area contributed by atoms with Crippen LogP contribution in [0.4, 0.5) is 0 Å². The van der Waals surface area contributed by atoms with Crippen molar-refractivity contribution < 1.29 is 4.42 Å². The van der Waals surface area contributed by atoms with Crippen LogP contribution in [0.25, 0.3) is 11.0 Å². The van der Waals surface area contributed by atoms with Crippen LogP contribution >= 0.6 is 0 Å². The molecule has 0 spiro atoms. The third kappa shape index (κ3) is 2.01. The first-order valence-electron chi connectivity index (χ1n) is 6.56. The average Bonchev–Trinajstić information content (AvgIpc) is 2.96. The highest BCUT2D eigenvalue weighted by molar-refractivity contribution is 5.81. The molecule has 104 valence electrons. The highest BCUT2D eigenvalue weighted by atomic mass is 16.3. The summed E-state index contributed by atoms with van der Waals surface area (Å²) in [6.45, 7) is 3.99. The predicted octanol–water partition coefficient (Wildman–Crippen LogP) is 2.34. The summed E-state index contributed by atoms with van der Waals surface area (Å²) in [6, 6.07) is 9.91. The normalized spacial score (nSPS) is 13.0. The minimum atomic E-state index is -0.215. The number of hydrogen-bond donors (Lipinski definition) is 2. The van der Waals surface area contributed by atoms with Gasteiger partial charge in [-0.3, -0.25) is 10.5 Å². The van der Waals surface area contributed by atoms with E-state index in [1.54, 1.807) is 0 Å². The maximum atomic E-state index is 5.99. The number of rotatable bonds is 3. The van der Waals surface area contributed by atoms with Crippen LogP contribution < -0.4 is 11.3 Å². The second-order valence-corrected chi connectivity index (χ2v) is 5.08. The van der Waals surface area contributed by atoms with Crippen molar-refractivity contribution in [2.24, 2.45) is 12.9 Å². The fourth-order valence-corrected chi connectivity index (χ4v) is 2.59. The number of furan rings is 1. The molecule has 0 amide bonds. The topological polar surface area (TPSA) is 69.0 Å². The fourth-order valence-electron chi connectivity index (χ4n) is 2.59. The van der Waals surface area contributed by atoms with Gasteiger partial charge in [0.2, 0.25) is 0 Å². The molecule has 0 saturated heterocycles. The van der Waals surface area contributed by atoms with Gasteiger partial charge in [0.1, 0.15) is 17.4 Å². The number of fused-ring (bicyclic) bond motifs is 1. The first-order chi connectivity index (χ1) is 9.60. The van der Waals surface area contributed by atoms with Crippen LogP contribution in [0.1, 0.15) is 28.8 Å². The summed E-state index contributed by atoms with van der Waals surface area (Å²) in [6.07, 6.45) is 0. The van der Waals surface area contributed by atoms with E-state index < -0.39 is 0 Å². The lowest BCUT2D eigenvalue weighted by atomic mass is 10.1. The highest BCUT2D eigenvalue weighted by Crippen LogP contribution is 2.29. The molecule has 1 aromatic carbocycles. The van der Waals surface area contributed by atoms with Crippen LogP contribution in [0.15, 0.2) is 34.7 Å². The Labute approximate surface area is 117 Å². The number of nitrogens with two attached hydrogens (primary N) is 1. The molecule has 0 bridgehead atoms. The van der Waals surface area contributed by atoms with Crippen LogP contribution in [0.2, 0.25) is 0 Å². The summed E-state index contributed by atoms with van der Waals surface area (Å²) in [7, 11) is 1.90. The van der Waals surface area contributed by atoms with E-state index in [9.17, 15) is 0 Å². The van der Waals surface area contributed by atoms with Gasteiger partial charge in [-0.2, -0.15) is 5.10 Å². The summed E-state index contributed by atoms with van der Waals surface area (Å²) in [4.78, 5) is 0. The smallest absolute Gasteiger partial charge is 0.137 e. The van der Waals surface area contributed by atoms with E-state index in [4.69, 9.17) is 10.3 Å². The predicted molar refractivity (Wildman–Crippen MR) is 78.1 cm³/mol. The zero-order chi connectivity index (χ0) is 14.3. The minimum Gasteiger partial charge on any atom is -0.459 e. The molecule has 0 aliphatic heterocycles. The lowest BCUT2D eigenvalue weighted by Gasteiger charge is -2.13. The molecular weight excluding hydrogens is 252 g/mol. The second kappa shape index (κ2) is 4.77. The molecule has 5 nitrogen and oxygen atoms in total.